The summed E-state index contributed by atoms with van der Waals surface area (Å²) in [6.07, 6.45) is 1.13. The molecule has 9 heteroatoms. The SMILES string of the molecule is COC(=O)N1CCC(C(C)(O)c2ccc(N3C(=O)Cc4cc(OC)c(OC(C)C)cc4[C@@H]3c3ccc(Cl)cc3)cc2)CC1. The predicted octanol–water partition coefficient (Wildman–Crippen LogP) is 6.50. The van der Waals surface area contributed by atoms with Crippen LogP contribution in [0.2, 0.25) is 5.02 Å². The van der Waals surface area contributed by atoms with Crippen molar-refractivity contribution in [3.8, 4) is 11.5 Å². The topological polar surface area (TPSA) is 88.5 Å². The molecule has 1 unspecified atom stereocenters. The van der Waals surface area contributed by atoms with Gasteiger partial charge in [-0.3, -0.25) is 4.79 Å². The number of rotatable bonds is 7. The molecular weight excluding hydrogens is 568 g/mol. The van der Waals surface area contributed by atoms with Crippen LogP contribution in [0.3, 0.4) is 0 Å². The van der Waals surface area contributed by atoms with Crippen LogP contribution in [-0.4, -0.2) is 55.4 Å². The molecule has 3 aromatic rings. The van der Waals surface area contributed by atoms with E-state index in [1.807, 2.05) is 86.3 Å². The van der Waals surface area contributed by atoms with Gasteiger partial charge < -0.3 is 29.1 Å². The van der Waals surface area contributed by atoms with E-state index < -0.39 is 11.6 Å². The number of fused-ring (bicyclic) bond motifs is 1. The van der Waals surface area contributed by atoms with Crippen LogP contribution in [0.15, 0.2) is 60.7 Å². The number of anilines is 1. The number of hydrogen-bond acceptors (Lipinski definition) is 6. The molecule has 3 aromatic carbocycles. The molecule has 228 valence electrons. The standard InChI is InChI=1S/C34H39ClN2O6/c1-21(2)43-30-20-28-23(18-29(30)41-4)19-31(38)37(32(28)22-6-10-26(35)11-7-22)27-12-8-24(9-13-27)34(3,40)25-14-16-36(17-15-25)33(39)42-5/h6-13,18,20-21,25,32,40H,14-17,19H2,1-5H3/t32-,34?/m0/s1. The Balaban J connectivity index is 1.50. The molecule has 1 N–H and O–H groups in total. The number of piperidine rings is 1. The third-order valence-corrected chi connectivity index (χ3v) is 8.84. The highest BCUT2D eigenvalue weighted by atomic mass is 35.5. The lowest BCUT2D eigenvalue weighted by Gasteiger charge is -2.40. The van der Waals surface area contributed by atoms with Gasteiger partial charge in [-0.2, -0.15) is 0 Å². The van der Waals surface area contributed by atoms with Gasteiger partial charge in [0, 0.05) is 23.8 Å². The highest BCUT2D eigenvalue weighted by Crippen LogP contribution is 2.44. The van der Waals surface area contributed by atoms with E-state index in [9.17, 15) is 14.7 Å². The maximum Gasteiger partial charge on any atom is 0.409 e. The van der Waals surface area contributed by atoms with Crippen molar-refractivity contribution in [2.24, 2.45) is 5.92 Å². The number of ether oxygens (including phenoxy) is 3. The van der Waals surface area contributed by atoms with Gasteiger partial charge in [0.25, 0.3) is 0 Å². The largest absolute Gasteiger partial charge is 0.493 e. The van der Waals surface area contributed by atoms with Crippen LogP contribution in [0.1, 0.15) is 61.9 Å². The molecule has 0 aliphatic carbocycles. The Hall–Kier alpha value is -3.75. The number of aliphatic hydroxyl groups is 1. The van der Waals surface area contributed by atoms with Crippen molar-refractivity contribution >= 4 is 29.3 Å². The summed E-state index contributed by atoms with van der Waals surface area (Å²) < 4.78 is 16.6. The highest BCUT2D eigenvalue weighted by Gasteiger charge is 2.39. The van der Waals surface area contributed by atoms with E-state index >= 15 is 0 Å². The Bertz CT molecular complexity index is 1460. The predicted molar refractivity (Wildman–Crippen MR) is 166 cm³/mol. The molecular formula is C34H39ClN2O6. The van der Waals surface area contributed by atoms with E-state index in [0.717, 1.165) is 27.9 Å². The molecule has 2 aliphatic rings. The molecule has 0 radical (unpaired) electrons. The minimum atomic E-state index is -1.10. The van der Waals surface area contributed by atoms with E-state index in [4.69, 9.17) is 25.8 Å². The van der Waals surface area contributed by atoms with Crippen molar-refractivity contribution in [3.05, 3.63) is 87.9 Å². The van der Waals surface area contributed by atoms with Crippen molar-refractivity contribution in [3.63, 3.8) is 0 Å². The lowest BCUT2D eigenvalue weighted by Crippen LogP contribution is -2.44. The molecule has 43 heavy (non-hydrogen) atoms. The maximum atomic E-state index is 13.8. The number of nitrogens with zero attached hydrogens (tertiary/aromatic N) is 2. The number of hydrogen-bond donors (Lipinski definition) is 1. The third-order valence-electron chi connectivity index (χ3n) is 8.59. The molecule has 0 bridgehead atoms. The van der Waals surface area contributed by atoms with E-state index in [-0.39, 0.29) is 30.4 Å². The average molecular weight is 607 g/mol. The zero-order valence-corrected chi connectivity index (χ0v) is 26.1. The zero-order chi connectivity index (χ0) is 30.9. The van der Waals surface area contributed by atoms with Crippen molar-refractivity contribution in [1.82, 2.24) is 4.90 Å². The molecule has 1 fully saturated rings. The first kappa shape index (κ1) is 30.7. The van der Waals surface area contributed by atoms with Crippen molar-refractivity contribution in [2.45, 2.75) is 57.8 Å². The van der Waals surface area contributed by atoms with Crippen LogP contribution >= 0.6 is 11.6 Å². The molecule has 8 nitrogen and oxygen atoms in total. The number of carbonyl (C=O) groups excluding carboxylic acids is 2. The average Bonchev–Trinajstić information content (AvgIpc) is 3.00. The van der Waals surface area contributed by atoms with Crippen LogP contribution in [-0.2, 0) is 21.6 Å². The van der Waals surface area contributed by atoms with Gasteiger partial charge in [-0.15, -0.1) is 0 Å². The van der Waals surface area contributed by atoms with Crippen LogP contribution in [0.5, 0.6) is 11.5 Å². The fourth-order valence-corrected chi connectivity index (χ4v) is 6.40. The summed E-state index contributed by atoms with van der Waals surface area (Å²) in [5.41, 5.74) is 3.12. The molecule has 1 saturated heterocycles. The third kappa shape index (κ3) is 6.17. The number of carbonyl (C=O) groups is 2. The molecule has 5 rings (SSSR count). The second-order valence-corrected chi connectivity index (χ2v) is 12.1. The first-order valence-electron chi connectivity index (χ1n) is 14.6. The first-order valence-corrected chi connectivity index (χ1v) is 15.0. The van der Waals surface area contributed by atoms with E-state index in [2.05, 4.69) is 0 Å². The fraction of sp³-hybridized carbons (Fsp3) is 0.412. The minimum absolute atomic E-state index is 0.0288. The maximum absolute atomic E-state index is 13.8. The Morgan fingerprint density at radius 3 is 2.23 bits per heavy atom. The Morgan fingerprint density at radius 2 is 1.65 bits per heavy atom. The summed E-state index contributed by atoms with van der Waals surface area (Å²) in [5.74, 6) is 1.13. The van der Waals surface area contributed by atoms with Crippen LogP contribution in [0.4, 0.5) is 10.5 Å². The summed E-state index contributed by atoms with van der Waals surface area (Å²) in [6, 6.07) is 18.6. The zero-order valence-electron chi connectivity index (χ0n) is 25.3. The normalized spacial score (nSPS) is 18.7. The Labute approximate surface area is 258 Å². The molecule has 2 atom stereocenters. The van der Waals surface area contributed by atoms with Crippen molar-refractivity contribution < 1.29 is 28.9 Å². The summed E-state index contributed by atoms with van der Waals surface area (Å²) in [4.78, 5) is 29.2. The molecule has 2 aliphatic heterocycles. The van der Waals surface area contributed by atoms with E-state index in [1.54, 1.807) is 12.0 Å². The molecule has 2 heterocycles. The molecule has 2 amide bonds. The van der Waals surface area contributed by atoms with E-state index in [1.165, 1.54) is 7.11 Å². The van der Waals surface area contributed by atoms with Gasteiger partial charge in [-0.25, -0.2) is 4.79 Å². The number of benzene rings is 3. The van der Waals surface area contributed by atoms with Crippen LogP contribution < -0.4 is 14.4 Å². The Kier molecular flexibility index (Phi) is 8.90. The molecule has 0 aromatic heterocycles. The summed E-state index contributed by atoms with van der Waals surface area (Å²) in [7, 11) is 2.98. The highest BCUT2D eigenvalue weighted by molar-refractivity contribution is 6.30. The quantitative estimate of drug-likeness (QED) is 0.330. The number of amides is 2. The van der Waals surface area contributed by atoms with Gasteiger partial charge >= 0.3 is 6.09 Å². The van der Waals surface area contributed by atoms with Crippen LogP contribution in [0.25, 0.3) is 0 Å². The second kappa shape index (κ2) is 12.5. The van der Waals surface area contributed by atoms with Gasteiger partial charge in [-0.05, 0) is 98.2 Å². The van der Waals surface area contributed by atoms with E-state index in [0.29, 0.717) is 42.5 Å². The van der Waals surface area contributed by atoms with Gasteiger partial charge in [0.05, 0.1) is 38.4 Å². The summed E-state index contributed by atoms with van der Waals surface area (Å²) in [5, 5.41) is 12.2. The lowest BCUT2D eigenvalue weighted by atomic mass is 9.77. The van der Waals surface area contributed by atoms with Gasteiger partial charge in [0.1, 0.15) is 0 Å². The fourth-order valence-electron chi connectivity index (χ4n) is 6.28. The van der Waals surface area contributed by atoms with Crippen molar-refractivity contribution in [2.75, 3.05) is 32.2 Å². The summed E-state index contributed by atoms with van der Waals surface area (Å²) >= 11 is 6.24. The lowest BCUT2D eigenvalue weighted by molar-refractivity contribution is -0.118. The number of methoxy groups -OCH3 is 2. The first-order chi connectivity index (χ1) is 20.5. The smallest absolute Gasteiger partial charge is 0.409 e. The molecule has 0 spiro atoms. The van der Waals surface area contributed by atoms with Gasteiger partial charge in [0.15, 0.2) is 11.5 Å². The van der Waals surface area contributed by atoms with Gasteiger partial charge in [0.2, 0.25) is 5.91 Å². The molecule has 0 saturated carbocycles. The monoisotopic (exact) mass is 606 g/mol. The van der Waals surface area contributed by atoms with Crippen LogP contribution in [0, 0.1) is 5.92 Å². The number of halogens is 1. The van der Waals surface area contributed by atoms with Crippen molar-refractivity contribution in [1.29, 1.82) is 0 Å². The Morgan fingerprint density at radius 1 is 1.00 bits per heavy atom. The second-order valence-electron chi connectivity index (χ2n) is 11.7. The summed E-state index contributed by atoms with van der Waals surface area (Å²) in [6.45, 7) is 6.81. The van der Waals surface area contributed by atoms with Gasteiger partial charge in [-0.1, -0.05) is 35.9 Å². The number of likely N-dealkylation sites (tertiary alicyclic amines) is 1. The minimum Gasteiger partial charge on any atom is -0.493 e.